The molecule has 176 valence electrons. The first-order valence-electron chi connectivity index (χ1n) is 10.2. The van der Waals surface area contributed by atoms with Crippen molar-refractivity contribution in [3.05, 3.63) is 70.7 Å². The van der Waals surface area contributed by atoms with Crippen LogP contribution in [0.5, 0.6) is 0 Å². The molecule has 8 nitrogen and oxygen atoms in total. The number of aliphatic carboxylic acids is 1. The first-order chi connectivity index (χ1) is 16.2. The second-order valence-corrected chi connectivity index (χ2v) is 8.42. The van der Waals surface area contributed by atoms with Gasteiger partial charge in [0, 0.05) is 11.3 Å². The molecule has 0 radical (unpaired) electrons. The summed E-state index contributed by atoms with van der Waals surface area (Å²) in [5.74, 6) is -7.30. The van der Waals surface area contributed by atoms with E-state index < -0.39 is 30.4 Å². The van der Waals surface area contributed by atoms with Crippen molar-refractivity contribution >= 4 is 34.4 Å². The van der Waals surface area contributed by atoms with E-state index in [0.29, 0.717) is 0 Å². The van der Waals surface area contributed by atoms with Crippen LogP contribution in [0.15, 0.2) is 53.9 Å². The molecule has 34 heavy (non-hydrogen) atoms. The number of fused-ring (bicyclic) bond motifs is 3. The number of alkyl halides is 2. The molecule has 0 atom stereocenters. The van der Waals surface area contributed by atoms with Crippen LogP contribution in [0, 0.1) is 0 Å². The predicted octanol–water partition coefficient (Wildman–Crippen LogP) is 3.88. The fourth-order valence-electron chi connectivity index (χ4n) is 3.68. The third kappa shape index (κ3) is 5.04. The van der Waals surface area contributed by atoms with Crippen LogP contribution < -0.4 is 10.6 Å². The number of rotatable bonds is 8. The van der Waals surface area contributed by atoms with E-state index in [-0.39, 0.29) is 29.8 Å². The molecule has 2 amide bonds. The molecule has 1 aromatic heterocycles. The molecule has 0 aliphatic heterocycles. The van der Waals surface area contributed by atoms with Gasteiger partial charge in [0.15, 0.2) is 5.13 Å². The smallest absolute Gasteiger partial charge is 0.413 e. The van der Waals surface area contributed by atoms with Gasteiger partial charge >= 0.3 is 18.0 Å². The van der Waals surface area contributed by atoms with Crippen LogP contribution in [0.4, 0.5) is 18.7 Å². The minimum atomic E-state index is -4.06. The van der Waals surface area contributed by atoms with Crippen molar-refractivity contribution in [1.82, 2.24) is 10.3 Å². The van der Waals surface area contributed by atoms with Crippen LogP contribution in [-0.4, -0.2) is 47.1 Å². The topological polar surface area (TPSA) is 118 Å². The number of benzene rings is 2. The Morgan fingerprint density at radius 1 is 1.06 bits per heavy atom. The van der Waals surface area contributed by atoms with Gasteiger partial charge in [0.25, 0.3) is 0 Å². The lowest BCUT2D eigenvalue weighted by molar-refractivity contribution is -0.164. The summed E-state index contributed by atoms with van der Waals surface area (Å²) in [6, 6.07) is 15.9. The molecule has 1 aliphatic rings. The van der Waals surface area contributed by atoms with Crippen LogP contribution in [0.3, 0.4) is 0 Å². The number of carboxylic acids is 1. The molecule has 3 aromatic rings. The van der Waals surface area contributed by atoms with Crippen molar-refractivity contribution in [3.8, 4) is 11.1 Å². The van der Waals surface area contributed by atoms with E-state index in [4.69, 9.17) is 9.84 Å². The molecule has 0 bridgehead atoms. The molecular formula is C23H19F2N3O5S. The lowest BCUT2D eigenvalue weighted by Crippen LogP contribution is -2.42. The number of anilines is 1. The Balaban J connectivity index is 1.30. The largest absolute Gasteiger partial charge is 0.477 e. The number of nitrogens with zero attached hydrogens (tertiary/aromatic N) is 1. The maximum atomic E-state index is 13.1. The maximum absolute atomic E-state index is 13.1. The fraction of sp³-hybridized carbons (Fsp3) is 0.217. The summed E-state index contributed by atoms with van der Waals surface area (Å²) in [6.45, 7) is -1.20. The molecule has 0 fully saturated rings. The van der Waals surface area contributed by atoms with Gasteiger partial charge in [-0.2, -0.15) is 8.78 Å². The molecule has 0 spiro atoms. The first-order valence-corrected chi connectivity index (χ1v) is 11.1. The molecule has 2 aromatic carbocycles. The number of nitrogens with one attached hydrogen (secondary N) is 2. The number of ether oxygens (including phenoxy) is 1. The van der Waals surface area contributed by atoms with Crippen molar-refractivity contribution in [2.24, 2.45) is 0 Å². The van der Waals surface area contributed by atoms with Crippen molar-refractivity contribution in [2.75, 3.05) is 18.5 Å². The van der Waals surface area contributed by atoms with Gasteiger partial charge in [-0.3, -0.25) is 10.1 Å². The monoisotopic (exact) mass is 487 g/mol. The number of hydrogen-bond acceptors (Lipinski definition) is 6. The maximum Gasteiger partial charge on any atom is 0.413 e. The van der Waals surface area contributed by atoms with Crippen molar-refractivity contribution in [2.45, 2.75) is 18.3 Å². The Hall–Kier alpha value is -3.86. The van der Waals surface area contributed by atoms with Gasteiger partial charge in [-0.05, 0) is 22.3 Å². The van der Waals surface area contributed by atoms with Gasteiger partial charge in [0.2, 0.25) is 5.91 Å². The van der Waals surface area contributed by atoms with E-state index >= 15 is 0 Å². The number of halogens is 2. The zero-order valence-corrected chi connectivity index (χ0v) is 18.4. The number of hydrogen-bond donors (Lipinski definition) is 3. The van der Waals surface area contributed by atoms with Gasteiger partial charge in [0.1, 0.15) is 6.61 Å². The highest BCUT2D eigenvalue weighted by Crippen LogP contribution is 2.44. The van der Waals surface area contributed by atoms with Crippen LogP contribution >= 0.6 is 11.3 Å². The lowest BCUT2D eigenvalue weighted by Gasteiger charge is -2.14. The molecule has 11 heteroatoms. The standard InChI is InChI=1S/C23H19F2N3O5S/c24-23(25,20(30)31)12-26-19(29)9-13-11-34-21(27-13)28-22(32)33-10-18-16-7-3-1-5-14(16)15-6-2-4-8-17(15)18/h1-8,11,18H,9-10,12H2,(H,26,29)(H,30,31)(H,27,28,32). The highest BCUT2D eigenvalue weighted by molar-refractivity contribution is 7.13. The van der Waals surface area contributed by atoms with E-state index in [0.717, 1.165) is 33.6 Å². The number of aromatic nitrogens is 1. The Kier molecular flexibility index (Phi) is 6.55. The van der Waals surface area contributed by atoms with Crippen LogP contribution in [-0.2, 0) is 20.7 Å². The minimum absolute atomic E-state index is 0.0994. The van der Waals surface area contributed by atoms with E-state index in [1.165, 1.54) is 5.38 Å². The number of carbonyl (C=O) groups excluding carboxylic acids is 2. The average molecular weight is 487 g/mol. The molecular weight excluding hydrogens is 468 g/mol. The van der Waals surface area contributed by atoms with Gasteiger partial charge in [0.05, 0.1) is 18.7 Å². The highest BCUT2D eigenvalue weighted by atomic mass is 32.1. The van der Waals surface area contributed by atoms with E-state index in [1.807, 2.05) is 53.8 Å². The normalized spacial score (nSPS) is 12.5. The molecule has 1 heterocycles. The summed E-state index contributed by atoms with van der Waals surface area (Å²) < 4.78 is 31.5. The quantitative estimate of drug-likeness (QED) is 0.444. The average Bonchev–Trinajstić information content (AvgIpc) is 3.38. The Labute approximate surface area is 196 Å². The van der Waals surface area contributed by atoms with E-state index in [1.54, 1.807) is 0 Å². The summed E-state index contributed by atoms with van der Waals surface area (Å²) in [4.78, 5) is 38.6. The van der Waals surface area contributed by atoms with Crippen molar-refractivity contribution in [3.63, 3.8) is 0 Å². The predicted molar refractivity (Wildman–Crippen MR) is 120 cm³/mol. The Bertz CT molecular complexity index is 1200. The fourth-order valence-corrected chi connectivity index (χ4v) is 4.38. The van der Waals surface area contributed by atoms with Crippen molar-refractivity contribution in [1.29, 1.82) is 0 Å². The third-order valence-corrected chi connectivity index (χ3v) is 6.07. The Morgan fingerprint density at radius 3 is 2.29 bits per heavy atom. The SMILES string of the molecule is O=C(Cc1csc(NC(=O)OCC2c3ccccc3-c3ccccc32)n1)NCC(F)(F)C(=O)O. The zero-order valence-electron chi connectivity index (χ0n) is 17.6. The number of amides is 2. The number of carboxylic acid groups (broad SMARTS) is 1. The molecule has 4 rings (SSSR count). The zero-order chi connectivity index (χ0) is 24.3. The molecule has 0 unspecified atom stereocenters. The summed E-state index contributed by atoms with van der Waals surface area (Å²) in [5.41, 5.74) is 4.60. The molecule has 3 N–H and O–H groups in total. The molecule has 0 saturated carbocycles. The lowest BCUT2D eigenvalue weighted by atomic mass is 9.98. The molecule has 1 aliphatic carbocycles. The van der Waals surface area contributed by atoms with Gasteiger partial charge in [-0.15, -0.1) is 11.3 Å². The summed E-state index contributed by atoms with van der Waals surface area (Å²) >= 11 is 1.04. The van der Waals surface area contributed by atoms with Gasteiger partial charge in [-0.25, -0.2) is 14.6 Å². The first kappa shape index (κ1) is 23.3. The van der Waals surface area contributed by atoms with Gasteiger partial charge < -0.3 is 15.2 Å². The number of thiazole rings is 1. The Morgan fingerprint density at radius 2 is 1.68 bits per heavy atom. The van der Waals surface area contributed by atoms with Crippen LogP contribution in [0.25, 0.3) is 11.1 Å². The van der Waals surface area contributed by atoms with Crippen LogP contribution in [0.2, 0.25) is 0 Å². The summed E-state index contributed by atoms with van der Waals surface area (Å²) in [7, 11) is 0. The molecule has 0 saturated heterocycles. The summed E-state index contributed by atoms with van der Waals surface area (Å²) in [6.07, 6.45) is -1.06. The minimum Gasteiger partial charge on any atom is -0.477 e. The second-order valence-electron chi connectivity index (χ2n) is 7.56. The van der Waals surface area contributed by atoms with E-state index in [2.05, 4.69) is 10.3 Å². The number of carbonyl (C=O) groups is 3. The van der Waals surface area contributed by atoms with Crippen LogP contribution in [0.1, 0.15) is 22.7 Å². The summed E-state index contributed by atoms with van der Waals surface area (Å²) in [5, 5.41) is 14.4. The highest BCUT2D eigenvalue weighted by Gasteiger charge is 2.39. The van der Waals surface area contributed by atoms with Crippen molar-refractivity contribution < 1.29 is 33.0 Å². The van der Waals surface area contributed by atoms with Gasteiger partial charge in [-0.1, -0.05) is 48.5 Å². The van der Waals surface area contributed by atoms with E-state index in [9.17, 15) is 23.2 Å². The third-order valence-electron chi connectivity index (χ3n) is 5.27. The second kappa shape index (κ2) is 9.56.